The highest BCUT2D eigenvalue weighted by molar-refractivity contribution is 9.10. The summed E-state index contributed by atoms with van der Waals surface area (Å²) >= 11 is 3.31. The van der Waals surface area contributed by atoms with Crippen LogP contribution in [0.5, 0.6) is 0 Å². The average molecular weight is 306 g/mol. The first-order valence-corrected chi connectivity index (χ1v) is 5.79. The Morgan fingerprint density at radius 3 is 2.75 bits per heavy atom. The van der Waals surface area contributed by atoms with Crippen LogP contribution in [0.15, 0.2) is 22.7 Å². The summed E-state index contributed by atoms with van der Waals surface area (Å²) in [6.07, 6.45) is 2.46. The van der Waals surface area contributed by atoms with Crippen LogP contribution in [0.3, 0.4) is 0 Å². The minimum atomic E-state index is -0.0769. The van der Waals surface area contributed by atoms with E-state index in [1.807, 2.05) is 6.07 Å². The Morgan fingerprint density at radius 1 is 1.50 bits per heavy atom. The van der Waals surface area contributed by atoms with E-state index in [2.05, 4.69) is 21.2 Å². The first-order chi connectivity index (χ1) is 7.16. The standard InChI is InChI=1S/C11H13BrN2O.ClH/c12-8-3-4-9(10(13)5-8)11(15)14-6-7-1-2-7;/h3-5,7H,1-2,6,13H2,(H,14,15);1H. The third-order valence-corrected chi connectivity index (χ3v) is 3.00. The number of halogens is 2. The number of nitrogens with one attached hydrogen (secondary N) is 1. The monoisotopic (exact) mass is 304 g/mol. The normalized spacial score (nSPS) is 14.1. The molecular weight excluding hydrogens is 291 g/mol. The Balaban J connectivity index is 0.00000128. The molecule has 1 saturated carbocycles. The number of carbonyl (C=O) groups is 1. The van der Waals surface area contributed by atoms with Gasteiger partial charge in [0.15, 0.2) is 0 Å². The summed E-state index contributed by atoms with van der Waals surface area (Å²) in [5, 5.41) is 2.89. The van der Waals surface area contributed by atoms with Crippen LogP contribution in [0, 0.1) is 5.92 Å². The van der Waals surface area contributed by atoms with Crippen molar-refractivity contribution >= 4 is 39.9 Å². The molecule has 1 amide bonds. The zero-order valence-electron chi connectivity index (χ0n) is 8.70. The van der Waals surface area contributed by atoms with Gasteiger partial charge in [0, 0.05) is 16.7 Å². The maximum absolute atomic E-state index is 11.7. The van der Waals surface area contributed by atoms with Crippen LogP contribution >= 0.6 is 28.3 Å². The second kappa shape index (κ2) is 5.55. The Bertz CT molecular complexity index is 394. The number of carbonyl (C=O) groups excluding carboxylic acids is 1. The van der Waals surface area contributed by atoms with Gasteiger partial charge in [0.05, 0.1) is 5.56 Å². The summed E-state index contributed by atoms with van der Waals surface area (Å²) in [5.74, 6) is 0.609. The fraction of sp³-hybridized carbons (Fsp3) is 0.364. The molecule has 0 aromatic heterocycles. The third kappa shape index (κ3) is 3.39. The molecule has 3 nitrogen and oxygen atoms in total. The largest absolute Gasteiger partial charge is 0.398 e. The lowest BCUT2D eigenvalue weighted by Gasteiger charge is -2.06. The number of hydrogen-bond donors (Lipinski definition) is 2. The lowest BCUT2D eigenvalue weighted by atomic mass is 10.1. The molecule has 1 aromatic rings. The van der Waals surface area contributed by atoms with Gasteiger partial charge in [0.2, 0.25) is 0 Å². The minimum Gasteiger partial charge on any atom is -0.398 e. The number of hydrogen-bond acceptors (Lipinski definition) is 2. The van der Waals surface area contributed by atoms with Gasteiger partial charge in [-0.05, 0) is 37.0 Å². The predicted molar refractivity (Wildman–Crippen MR) is 70.9 cm³/mol. The van der Waals surface area contributed by atoms with Crippen molar-refractivity contribution in [3.63, 3.8) is 0 Å². The summed E-state index contributed by atoms with van der Waals surface area (Å²) in [6.45, 7) is 0.772. The van der Waals surface area contributed by atoms with E-state index in [1.54, 1.807) is 12.1 Å². The molecule has 1 aliphatic rings. The molecule has 0 aliphatic heterocycles. The maximum atomic E-state index is 11.7. The van der Waals surface area contributed by atoms with E-state index in [9.17, 15) is 4.79 Å². The molecule has 3 N–H and O–H groups in total. The van der Waals surface area contributed by atoms with Crippen LogP contribution in [0.25, 0.3) is 0 Å². The fourth-order valence-corrected chi connectivity index (χ4v) is 1.77. The van der Waals surface area contributed by atoms with Crippen molar-refractivity contribution in [2.45, 2.75) is 12.8 Å². The molecule has 0 spiro atoms. The van der Waals surface area contributed by atoms with Gasteiger partial charge < -0.3 is 11.1 Å². The van der Waals surface area contributed by atoms with E-state index in [-0.39, 0.29) is 18.3 Å². The molecule has 0 heterocycles. The Hall–Kier alpha value is -0.740. The van der Waals surface area contributed by atoms with E-state index >= 15 is 0 Å². The topological polar surface area (TPSA) is 55.1 Å². The fourth-order valence-electron chi connectivity index (χ4n) is 1.39. The number of amides is 1. The van der Waals surface area contributed by atoms with Crippen LogP contribution in [0.2, 0.25) is 0 Å². The van der Waals surface area contributed by atoms with Gasteiger partial charge in [-0.2, -0.15) is 0 Å². The van der Waals surface area contributed by atoms with Crippen LogP contribution in [0.4, 0.5) is 5.69 Å². The van der Waals surface area contributed by atoms with Crippen molar-refractivity contribution < 1.29 is 4.79 Å². The molecule has 1 fully saturated rings. The molecule has 0 radical (unpaired) electrons. The van der Waals surface area contributed by atoms with Crippen molar-refractivity contribution in [3.05, 3.63) is 28.2 Å². The number of rotatable bonds is 3. The molecule has 0 unspecified atom stereocenters. The van der Waals surface area contributed by atoms with Crippen LogP contribution < -0.4 is 11.1 Å². The van der Waals surface area contributed by atoms with Gasteiger partial charge in [0.25, 0.3) is 5.91 Å². The minimum absolute atomic E-state index is 0. The molecule has 0 atom stereocenters. The predicted octanol–water partition coefficient (Wildman–Crippen LogP) is 2.59. The number of anilines is 1. The van der Waals surface area contributed by atoms with Gasteiger partial charge in [0.1, 0.15) is 0 Å². The second-order valence-electron chi connectivity index (χ2n) is 3.88. The summed E-state index contributed by atoms with van der Waals surface area (Å²) < 4.78 is 0.888. The van der Waals surface area contributed by atoms with Crippen molar-refractivity contribution in [1.82, 2.24) is 5.32 Å². The van der Waals surface area contributed by atoms with Crippen molar-refractivity contribution in [2.24, 2.45) is 5.92 Å². The SMILES string of the molecule is Cl.Nc1cc(Br)ccc1C(=O)NCC1CC1. The third-order valence-electron chi connectivity index (χ3n) is 2.51. The van der Waals surface area contributed by atoms with Crippen LogP contribution in [-0.2, 0) is 0 Å². The van der Waals surface area contributed by atoms with Crippen LogP contribution in [0.1, 0.15) is 23.2 Å². The zero-order chi connectivity index (χ0) is 10.8. The average Bonchev–Trinajstić information content (AvgIpc) is 2.97. The number of nitrogen functional groups attached to an aromatic ring is 1. The van der Waals surface area contributed by atoms with Gasteiger partial charge >= 0.3 is 0 Å². The van der Waals surface area contributed by atoms with E-state index in [0.29, 0.717) is 17.2 Å². The van der Waals surface area contributed by atoms with Gasteiger partial charge in [-0.1, -0.05) is 15.9 Å². The Labute approximate surface area is 109 Å². The van der Waals surface area contributed by atoms with E-state index < -0.39 is 0 Å². The van der Waals surface area contributed by atoms with Crippen molar-refractivity contribution in [1.29, 1.82) is 0 Å². The molecule has 16 heavy (non-hydrogen) atoms. The highest BCUT2D eigenvalue weighted by atomic mass is 79.9. The summed E-state index contributed by atoms with van der Waals surface area (Å²) in [5.41, 5.74) is 6.82. The van der Waals surface area contributed by atoms with Crippen molar-refractivity contribution in [2.75, 3.05) is 12.3 Å². The summed E-state index contributed by atoms with van der Waals surface area (Å²) in [7, 11) is 0. The number of nitrogens with two attached hydrogens (primary N) is 1. The summed E-state index contributed by atoms with van der Waals surface area (Å²) in [4.78, 5) is 11.7. The lowest BCUT2D eigenvalue weighted by molar-refractivity contribution is 0.0952. The molecule has 2 rings (SSSR count). The van der Waals surface area contributed by atoms with Gasteiger partial charge in [-0.25, -0.2) is 0 Å². The lowest BCUT2D eigenvalue weighted by Crippen LogP contribution is -2.26. The van der Waals surface area contributed by atoms with Gasteiger partial charge in [-0.15, -0.1) is 12.4 Å². The smallest absolute Gasteiger partial charge is 0.253 e. The molecule has 1 aliphatic carbocycles. The maximum Gasteiger partial charge on any atom is 0.253 e. The Morgan fingerprint density at radius 2 is 2.19 bits per heavy atom. The molecule has 1 aromatic carbocycles. The van der Waals surface area contributed by atoms with Gasteiger partial charge in [-0.3, -0.25) is 4.79 Å². The highest BCUT2D eigenvalue weighted by Crippen LogP contribution is 2.27. The summed E-state index contributed by atoms with van der Waals surface area (Å²) in [6, 6.07) is 5.30. The van der Waals surface area contributed by atoms with E-state index in [1.165, 1.54) is 12.8 Å². The molecule has 88 valence electrons. The zero-order valence-corrected chi connectivity index (χ0v) is 11.1. The first kappa shape index (κ1) is 13.3. The molecule has 0 bridgehead atoms. The van der Waals surface area contributed by atoms with Crippen LogP contribution in [-0.4, -0.2) is 12.5 Å². The molecule has 5 heteroatoms. The Kier molecular flexibility index (Phi) is 4.62. The quantitative estimate of drug-likeness (QED) is 0.843. The second-order valence-corrected chi connectivity index (χ2v) is 4.80. The van der Waals surface area contributed by atoms with E-state index in [4.69, 9.17) is 5.73 Å². The highest BCUT2D eigenvalue weighted by Gasteiger charge is 2.22. The number of benzene rings is 1. The molecular formula is C11H14BrClN2O. The van der Waals surface area contributed by atoms with Crippen molar-refractivity contribution in [3.8, 4) is 0 Å². The molecule has 0 saturated heterocycles. The first-order valence-electron chi connectivity index (χ1n) is 5.00. The van der Waals surface area contributed by atoms with E-state index in [0.717, 1.165) is 11.0 Å².